The van der Waals surface area contributed by atoms with Gasteiger partial charge in [0, 0.05) is 19.2 Å². The predicted octanol–water partition coefficient (Wildman–Crippen LogP) is 2.13. The summed E-state index contributed by atoms with van der Waals surface area (Å²) in [6, 6.07) is 0.283. The third-order valence-electron chi connectivity index (χ3n) is 4.17. The zero-order valence-corrected chi connectivity index (χ0v) is 12.1. The molecule has 0 saturated carbocycles. The summed E-state index contributed by atoms with van der Waals surface area (Å²) in [5, 5.41) is 3.58. The highest BCUT2D eigenvalue weighted by atomic mass is 16.5. The molecule has 1 aliphatic rings. The van der Waals surface area contributed by atoms with E-state index in [1.54, 1.807) is 0 Å². The van der Waals surface area contributed by atoms with Crippen LogP contribution in [0.2, 0.25) is 0 Å². The lowest BCUT2D eigenvalue weighted by atomic mass is 9.82. The molecule has 5 unspecified atom stereocenters. The second kappa shape index (κ2) is 5.41. The first-order chi connectivity index (χ1) is 8.54. The van der Waals surface area contributed by atoms with Crippen LogP contribution in [0.4, 0.5) is 0 Å². The Labute approximate surface area is 110 Å². The van der Waals surface area contributed by atoms with E-state index in [1.165, 1.54) is 0 Å². The molecule has 102 valence electrons. The van der Waals surface area contributed by atoms with Crippen LogP contribution in [-0.2, 0) is 11.8 Å². The molecule has 5 atom stereocenters. The summed E-state index contributed by atoms with van der Waals surface area (Å²) in [7, 11) is 2.01. The smallest absolute Gasteiger partial charge is 0.0947 e. The number of nitrogens with one attached hydrogen (secondary N) is 1. The average Bonchev–Trinajstić information content (AvgIpc) is 2.83. The SMILES string of the molecule is CCNC(c1cn(C)cn1)C1C(C)OC(C)C1C. The minimum atomic E-state index is 0.279. The zero-order valence-electron chi connectivity index (χ0n) is 12.1. The van der Waals surface area contributed by atoms with Gasteiger partial charge in [0.15, 0.2) is 0 Å². The minimum absolute atomic E-state index is 0.279. The van der Waals surface area contributed by atoms with E-state index in [4.69, 9.17) is 4.74 Å². The van der Waals surface area contributed by atoms with Crippen LogP contribution < -0.4 is 5.32 Å². The number of aromatic nitrogens is 2. The van der Waals surface area contributed by atoms with Crippen molar-refractivity contribution in [3.05, 3.63) is 18.2 Å². The van der Waals surface area contributed by atoms with E-state index in [-0.39, 0.29) is 12.1 Å². The molecule has 1 aromatic heterocycles. The van der Waals surface area contributed by atoms with Crippen molar-refractivity contribution in [2.45, 2.75) is 45.9 Å². The molecule has 0 amide bonds. The Balaban J connectivity index is 2.24. The molecular weight excluding hydrogens is 226 g/mol. The number of ether oxygens (including phenoxy) is 1. The van der Waals surface area contributed by atoms with Gasteiger partial charge in [-0.15, -0.1) is 0 Å². The second-order valence-corrected chi connectivity index (χ2v) is 5.48. The molecule has 0 bridgehead atoms. The molecule has 1 aliphatic heterocycles. The van der Waals surface area contributed by atoms with Gasteiger partial charge in [0.1, 0.15) is 0 Å². The van der Waals surface area contributed by atoms with Gasteiger partial charge in [-0.25, -0.2) is 4.98 Å². The molecule has 0 radical (unpaired) electrons. The molecule has 1 N–H and O–H groups in total. The van der Waals surface area contributed by atoms with E-state index in [9.17, 15) is 0 Å². The number of hydrogen-bond donors (Lipinski definition) is 1. The van der Waals surface area contributed by atoms with Gasteiger partial charge in [0.25, 0.3) is 0 Å². The Bertz CT molecular complexity index is 390. The molecule has 0 aliphatic carbocycles. The first-order valence-corrected chi connectivity index (χ1v) is 6.91. The Morgan fingerprint density at radius 1 is 1.39 bits per heavy atom. The van der Waals surface area contributed by atoms with Crippen molar-refractivity contribution in [3.63, 3.8) is 0 Å². The van der Waals surface area contributed by atoms with E-state index < -0.39 is 0 Å². The third kappa shape index (κ3) is 2.45. The summed E-state index contributed by atoms with van der Waals surface area (Å²) in [5.41, 5.74) is 1.13. The topological polar surface area (TPSA) is 39.1 Å². The molecule has 0 spiro atoms. The Kier molecular flexibility index (Phi) is 4.07. The van der Waals surface area contributed by atoms with Gasteiger partial charge in [-0.1, -0.05) is 13.8 Å². The lowest BCUT2D eigenvalue weighted by Crippen LogP contribution is -2.35. The Morgan fingerprint density at radius 3 is 2.56 bits per heavy atom. The van der Waals surface area contributed by atoms with Crippen molar-refractivity contribution in [3.8, 4) is 0 Å². The van der Waals surface area contributed by atoms with E-state index in [0.717, 1.165) is 12.2 Å². The lowest BCUT2D eigenvalue weighted by molar-refractivity contribution is 0.0474. The molecule has 1 saturated heterocycles. The molecule has 18 heavy (non-hydrogen) atoms. The van der Waals surface area contributed by atoms with E-state index in [0.29, 0.717) is 17.9 Å². The van der Waals surface area contributed by atoms with Crippen LogP contribution in [0.1, 0.15) is 39.4 Å². The first kappa shape index (κ1) is 13.6. The van der Waals surface area contributed by atoms with Crippen molar-refractivity contribution in [1.82, 2.24) is 14.9 Å². The van der Waals surface area contributed by atoms with Crippen molar-refractivity contribution in [2.75, 3.05) is 6.54 Å². The highest BCUT2D eigenvalue weighted by Crippen LogP contribution is 2.40. The Hall–Kier alpha value is -0.870. The molecule has 0 aromatic carbocycles. The summed E-state index contributed by atoms with van der Waals surface area (Å²) < 4.78 is 7.98. The number of nitrogens with zero attached hydrogens (tertiary/aromatic N) is 2. The van der Waals surface area contributed by atoms with Gasteiger partial charge in [0.2, 0.25) is 0 Å². The van der Waals surface area contributed by atoms with Gasteiger partial charge in [0.05, 0.1) is 30.3 Å². The number of aryl methyl sites for hydroxylation is 1. The maximum atomic E-state index is 5.97. The molecule has 1 aromatic rings. The van der Waals surface area contributed by atoms with Gasteiger partial charge in [-0.3, -0.25) is 0 Å². The normalized spacial score (nSPS) is 33.8. The fourth-order valence-electron chi connectivity index (χ4n) is 3.12. The molecule has 4 heteroatoms. The van der Waals surface area contributed by atoms with Crippen molar-refractivity contribution >= 4 is 0 Å². The molecule has 2 rings (SSSR count). The molecule has 4 nitrogen and oxygen atoms in total. The van der Waals surface area contributed by atoms with Crippen molar-refractivity contribution in [1.29, 1.82) is 0 Å². The van der Waals surface area contributed by atoms with Crippen LogP contribution in [0, 0.1) is 11.8 Å². The molecular formula is C14H25N3O. The lowest BCUT2D eigenvalue weighted by Gasteiger charge is -2.28. The van der Waals surface area contributed by atoms with Crippen LogP contribution >= 0.6 is 0 Å². The molecule has 1 fully saturated rings. The quantitative estimate of drug-likeness (QED) is 0.891. The van der Waals surface area contributed by atoms with E-state index >= 15 is 0 Å². The van der Waals surface area contributed by atoms with E-state index in [1.807, 2.05) is 17.9 Å². The first-order valence-electron chi connectivity index (χ1n) is 6.91. The van der Waals surface area contributed by atoms with Crippen LogP contribution in [0.5, 0.6) is 0 Å². The van der Waals surface area contributed by atoms with Crippen molar-refractivity contribution < 1.29 is 4.74 Å². The largest absolute Gasteiger partial charge is 0.375 e. The summed E-state index contributed by atoms with van der Waals surface area (Å²) in [6.45, 7) is 9.72. The van der Waals surface area contributed by atoms with E-state index in [2.05, 4.69) is 44.2 Å². The average molecular weight is 251 g/mol. The summed E-state index contributed by atoms with van der Waals surface area (Å²) in [4.78, 5) is 4.52. The maximum Gasteiger partial charge on any atom is 0.0947 e. The van der Waals surface area contributed by atoms with Gasteiger partial charge in [-0.2, -0.15) is 0 Å². The fraction of sp³-hybridized carbons (Fsp3) is 0.786. The fourth-order valence-corrected chi connectivity index (χ4v) is 3.12. The molecule has 2 heterocycles. The number of imidazole rings is 1. The standard InChI is InChI=1S/C14H25N3O/c1-6-15-14(12-7-17(5)8-16-12)13-9(2)10(3)18-11(13)4/h7-11,13-15H,6H2,1-5H3. The Morgan fingerprint density at radius 2 is 2.11 bits per heavy atom. The summed E-state index contributed by atoms with van der Waals surface area (Å²) in [5.74, 6) is 1.03. The third-order valence-corrected chi connectivity index (χ3v) is 4.17. The van der Waals surface area contributed by atoms with Crippen LogP contribution in [-0.4, -0.2) is 28.3 Å². The van der Waals surface area contributed by atoms with Crippen LogP contribution in [0.25, 0.3) is 0 Å². The van der Waals surface area contributed by atoms with Gasteiger partial charge >= 0.3 is 0 Å². The van der Waals surface area contributed by atoms with Gasteiger partial charge < -0.3 is 14.6 Å². The van der Waals surface area contributed by atoms with Crippen LogP contribution in [0.15, 0.2) is 12.5 Å². The summed E-state index contributed by atoms with van der Waals surface area (Å²) in [6.07, 6.45) is 4.58. The summed E-state index contributed by atoms with van der Waals surface area (Å²) >= 11 is 0. The number of rotatable bonds is 4. The predicted molar refractivity (Wildman–Crippen MR) is 72.3 cm³/mol. The zero-order chi connectivity index (χ0) is 13.3. The highest BCUT2D eigenvalue weighted by molar-refractivity contribution is 5.09. The minimum Gasteiger partial charge on any atom is -0.375 e. The van der Waals surface area contributed by atoms with Gasteiger partial charge in [-0.05, 0) is 26.3 Å². The highest BCUT2D eigenvalue weighted by Gasteiger charge is 2.42. The maximum absolute atomic E-state index is 5.97. The number of hydrogen-bond acceptors (Lipinski definition) is 3. The van der Waals surface area contributed by atoms with Crippen LogP contribution in [0.3, 0.4) is 0 Å². The monoisotopic (exact) mass is 251 g/mol. The van der Waals surface area contributed by atoms with Crippen molar-refractivity contribution in [2.24, 2.45) is 18.9 Å². The second-order valence-electron chi connectivity index (χ2n) is 5.48.